The molecule has 1 saturated heterocycles. The van der Waals surface area contributed by atoms with Gasteiger partial charge in [0.2, 0.25) is 0 Å². The fourth-order valence-electron chi connectivity index (χ4n) is 2.96. The molecule has 0 aliphatic carbocycles. The molecular weight excluding hydrogens is 258 g/mol. The topological polar surface area (TPSA) is 15.3 Å². The van der Waals surface area contributed by atoms with Crippen LogP contribution in [0.1, 0.15) is 43.9 Å². The fraction of sp³-hybridized carbons (Fsp3) is 0.625. The number of benzene rings is 1. The van der Waals surface area contributed by atoms with Crippen molar-refractivity contribution in [1.82, 2.24) is 10.2 Å². The minimum absolute atomic E-state index is 0.176. The van der Waals surface area contributed by atoms with E-state index in [2.05, 4.69) is 17.1 Å². The Balaban J connectivity index is 1.98. The summed E-state index contributed by atoms with van der Waals surface area (Å²) in [5.41, 5.74) is 0.764. The van der Waals surface area contributed by atoms with E-state index in [4.69, 9.17) is 0 Å². The molecule has 0 amide bonds. The molecule has 2 rings (SSSR count). The van der Waals surface area contributed by atoms with Crippen LogP contribution in [0.4, 0.5) is 8.78 Å². The lowest BCUT2D eigenvalue weighted by molar-refractivity contribution is 0.255. The van der Waals surface area contributed by atoms with Crippen molar-refractivity contribution in [2.75, 3.05) is 19.6 Å². The van der Waals surface area contributed by atoms with Crippen molar-refractivity contribution in [3.63, 3.8) is 0 Å². The maximum absolute atomic E-state index is 13.9. The van der Waals surface area contributed by atoms with Gasteiger partial charge in [-0.2, -0.15) is 0 Å². The van der Waals surface area contributed by atoms with Gasteiger partial charge < -0.3 is 5.32 Å². The molecule has 2 unspecified atom stereocenters. The molecule has 1 heterocycles. The standard InChI is InChI=1S/C16H24F2N2/c1-4-20-7-5-6-13(20)10-19-12(3)14-9-15(17)11(2)8-16(14)18/h8-9,12-13,19H,4-7,10H2,1-3H3. The van der Waals surface area contributed by atoms with Gasteiger partial charge in [0.15, 0.2) is 0 Å². The summed E-state index contributed by atoms with van der Waals surface area (Å²) in [5.74, 6) is -0.672. The first-order chi connectivity index (χ1) is 9.52. The predicted octanol–water partition coefficient (Wildman–Crippen LogP) is 3.41. The lowest BCUT2D eigenvalue weighted by Gasteiger charge is -2.25. The second kappa shape index (κ2) is 6.64. The number of hydrogen-bond acceptors (Lipinski definition) is 2. The summed E-state index contributed by atoms with van der Waals surface area (Å²) in [4.78, 5) is 2.44. The molecule has 0 saturated carbocycles. The van der Waals surface area contributed by atoms with Crippen molar-refractivity contribution in [3.8, 4) is 0 Å². The zero-order valence-corrected chi connectivity index (χ0v) is 12.5. The molecule has 0 aromatic heterocycles. The molecule has 1 N–H and O–H groups in total. The normalized spacial score (nSPS) is 21.4. The van der Waals surface area contributed by atoms with Gasteiger partial charge in [-0.05, 0) is 57.5 Å². The van der Waals surface area contributed by atoms with E-state index >= 15 is 0 Å². The van der Waals surface area contributed by atoms with E-state index in [1.54, 1.807) is 6.92 Å². The SMILES string of the molecule is CCN1CCCC1CNC(C)c1cc(F)c(C)cc1F. The molecule has 1 fully saturated rings. The Morgan fingerprint density at radius 3 is 2.80 bits per heavy atom. The van der Waals surface area contributed by atoms with Crippen LogP contribution >= 0.6 is 0 Å². The number of likely N-dealkylation sites (N-methyl/N-ethyl adjacent to an activating group) is 1. The van der Waals surface area contributed by atoms with Crippen LogP contribution in [0, 0.1) is 18.6 Å². The van der Waals surface area contributed by atoms with Gasteiger partial charge in [-0.3, -0.25) is 4.90 Å². The highest BCUT2D eigenvalue weighted by Crippen LogP contribution is 2.22. The number of likely N-dealkylation sites (tertiary alicyclic amines) is 1. The van der Waals surface area contributed by atoms with Crippen LogP contribution in [0.3, 0.4) is 0 Å². The van der Waals surface area contributed by atoms with Gasteiger partial charge in [0.25, 0.3) is 0 Å². The maximum atomic E-state index is 13.9. The number of nitrogens with one attached hydrogen (secondary N) is 1. The zero-order chi connectivity index (χ0) is 14.7. The van der Waals surface area contributed by atoms with Gasteiger partial charge in [0, 0.05) is 24.2 Å². The summed E-state index contributed by atoms with van der Waals surface area (Å²) < 4.78 is 27.5. The molecular formula is C16H24F2N2. The van der Waals surface area contributed by atoms with E-state index in [1.165, 1.54) is 25.0 Å². The Labute approximate surface area is 120 Å². The van der Waals surface area contributed by atoms with Crippen molar-refractivity contribution in [2.45, 2.75) is 45.7 Å². The summed E-state index contributed by atoms with van der Waals surface area (Å²) in [7, 11) is 0. The molecule has 0 radical (unpaired) electrons. The first kappa shape index (κ1) is 15.4. The van der Waals surface area contributed by atoms with Crippen LogP contribution in [0.15, 0.2) is 12.1 Å². The Kier molecular flexibility index (Phi) is 5.11. The quantitative estimate of drug-likeness (QED) is 0.890. The van der Waals surface area contributed by atoms with Crippen LogP contribution < -0.4 is 5.32 Å². The number of nitrogens with zero attached hydrogens (tertiary/aromatic N) is 1. The summed E-state index contributed by atoms with van der Waals surface area (Å²) >= 11 is 0. The zero-order valence-electron chi connectivity index (χ0n) is 12.5. The second-order valence-electron chi connectivity index (χ2n) is 5.68. The lowest BCUT2D eigenvalue weighted by atomic mass is 10.0. The number of hydrogen-bond donors (Lipinski definition) is 1. The largest absolute Gasteiger partial charge is 0.309 e. The van der Waals surface area contributed by atoms with Crippen molar-refractivity contribution in [3.05, 3.63) is 34.9 Å². The number of rotatable bonds is 5. The maximum Gasteiger partial charge on any atom is 0.128 e. The van der Waals surface area contributed by atoms with E-state index in [-0.39, 0.29) is 17.7 Å². The second-order valence-corrected chi connectivity index (χ2v) is 5.68. The van der Waals surface area contributed by atoms with Gasteiger partial charge in [-0.15, -0.1) is 0 Å². The summed E-state index contributed by atoms with van der Waals surface area (Å²) in [5, 5.41) is 3.34. The van der Waals surface area contributed by atoms with Crippen molar-refractivity contribution < 1.29 is 8.78 Å². The molecule has 2 atom stereocenters. The predicted molar refractivity (Wildman–Crippen MR) is 77.8 cm³/mol. The average molecular weight is 282 g/mol. The Bertz CT molecular complexity index is 462. The highest BCUT2D eigenvalue weighted by atomic mass is 19.1. The minimum atomic E-state index is -0.342. The van der Waals surface area contributed by atoms with Gasteiger partial charge in [-0.25, -0.2) is 8.78 Å². The Hall–Kier alpha value is -1.00. The molecule has 4 heteroatoms. The smallest absolute Gasteiger partial charge is 0.128 e. The molecule has 20 heavy (non-hydrogen) atoms. The molecule has 112 valence electrons. The van der Waals surface area contributed by atoms with Gasteiger partial charge >= 0.3 is 0 Å². The van der Waals surface area contributed by atoms with E-state index in [9.17, 15) is 8.78 Å². The van der Waals surface area contributed by atoms with Gasteiger partial charge in [-0.1, -0.05) is 6.92 Å². The van der Waals surface area contributed by atoms with Crippen LogP contribution in [0.25, 0.3) is 0 Å². The van der Waals surface area contributed by atoms with Gasteiger partial charge in [0.05, 0.1) is 0 Å². The average Bonchev–Trinajstić information content (AvgIpc) is 2.87. The number of aryl methyl sites for hydroxylation is 1. The monoisotopic (exact) mass is 282 g/mol. The summed E-state index contributed by atoms with van der Waals surface area (Å²) in [6.45, 7) is 8.65. The van der Waals surface area contributed by atoms with Crippen LogP contribution in [0.5, 0.6) is 0 Å². The van der Waals surface area contributed by atoms with E-state index in [0.29, 0.717) is 17.2 Å². The summed E-state index contributed by atoms with van der Waals surface area (Å²) in [6, 6.07) is 2.93. The molecule has 1 aliphatic heterocycles. The van der Waals surface area contributed by atoms with Crippen LogP contribution in [-0.4, -0.2) is 30.6 Å². The molecule has 1 aromatic rings. The van der Waals surface area contributed by atoms with Gasteiger partial charge in [0.1, 0.15) is 11.6 Å². The van der Waals surface area contributed by atoms with E-state index in [0.717, 1.165) is 19.6 Å². The Morgan fingerprint density at radius 1 is 1.35 bits per heavy atom. The van der Waals surface area contributed by atoms with E-state index < -0.39 is 0 Å². The van der Waals surface area contributed by atoms with Crippen LogP contribution in [-0.2, 0) is 0 Å². The third-order valence-corrected chi connectivity index (χ3v) is 4.31. The minimum Gasteiger partial charge on any atom is -0.309 e. The third kappa shape index (κ3) is 3.36. The van der Waals surface area contributed by atoms with Crippen LogP contribution in [0.2, 0.25) is 0 Å². The first-order valence-electron chi connectivity index (χ1n) is 7.46. The molecule has 1 aliphatic rings. The fourth-order valence-corrected chi connectivity index (χ4v) is 2.96. The molecule has 0 bridgehead atoms. The lowest BCUT2D eigenvalue weighted by Crippen LogP contribution is -2.38. The molecule has 0 spiro atoms. The van der Waals surface area contributed by atoms with Crippen molar-refractivity contribution >= 4 is 0 Å². The van der Waals surface area contributed by atoms with Crippen molar-refractivity contribution in [2.24, 2.45) is 0 Å². The van der Waals surface area contributed by atoms with Crippen molar-refractivity contribution in [1.29, 1.82) is 0 Å². The highest BCUT2D eigenvalue weighted by Gasteiger charge is 2.23. The third-order valence-electron chi connectivity index (χ3n) is 4.31. The molecule has 2 nitrogen and oxygen atoms in total. The van der Waals surface area contributed by atoms with E-state index in [1.807, 2.05) is 6.92 Å². The Morgan fingerprint density at radius 2 is 2.10 bits per heavy atom. The molecule has 1 aromatic carbocycles. The highest BCUT2D eigenvalue weighted by molar-refractivity contribution is 5.27. The summed E-state index contributed by atoms with van der Waals surface area (Å²) in [6.07, 6.45) is 2.40. The number of halogens is 2. The first-order valence-corrected chi connectivity index (χ1v) is 7.46.